The first-order valence-electron chi connectivity index (χ1n) is 6.87. The molecule has 5 heteroatoms. The Morgan fingerprint density at radius 2 is 1.84 bits per heavy atom. The van der Waals surface area contributed by atoms with E-state index in [4.69, 9.17) is 5.84 Å². The van der Waals surface area contributed by atoms with Crippen molar-refractivity contribution < 1.29 is 0 Å². The normalized spacial score (nSPS) is 16.5. The highest BCUT2D eigenvalue weighted by Crippen LogP contribution is 2.26. The highest BCUT2D eigenvalue weighted by molar-refractivity contribution is 5.90. The first-order chi connectivity index (χ1) is 9.36. The van der Waals surface area contributed by atoms with Gasteiger partial charge in [0.25, 0.3) is 0 Å². The Bertz CT molecular complexity index is 563. The van der Waals surface area contributed by atoms with E-state index in [1.165, 1.54) is 32.1 Å². The second-order valence-corrected chi connectivity index (χ2v) is 5.04. The molecule has 3 rings (SSSR count). The molecular weight excluding hydrogens is 238 g/mol. The molecule has 1 heterocycles. The SMILES string of the molecule is NNc1nc(NC2CCCCC2)c2ccccc2n1. The van der Waals surface area contributed by atoms with Crippen LogP contribution in [0.2, 0.25) is 0 Å². The molecule has 5 nitrogen and oxygen atoms in total. The lowest BCUT2D eigenvalue weighted by atomic mass is 9.95. The van der Waals surface area contributed by atoms with Crippen LogP contribution < -0.4 is 16.6 Å². The summed E-state index contributed by atoms with van der Waals surface area (Å²) in [7, 11) is 0. The zero-order chi connectivity index (χ0) is 13.1. The smallest absolute Gasteiger partial charge is 0.239 e. The third-order valence-corrected chi connectivity index (χ3v) is 3.68. The summed E-state index contributed by atoms with van der Waals surface area (Å²) in [6, 6.07) is 8.51. The Hall–Kier alpha value is -1.88. The molecule has 0 amide bonds. The molecule has 1 fully saturated rings. The molecule has 0 bridgehead atoms. The lowest BCUT2D eigenvalue weighted by Gasteiger charge is -2.24. The number of nitrogen functional groups attached to an aromatic ring is 1. The maximum absolute atomic E-state index is 5.44. The van der Waals surface area contributed by atoms with Crippen molar-refractivity contribution in [2.45, 2.75) is 38.1 Å². The highest BCUT2D eigenvalue weighted by atomic mass is 15.3. The molecule has 0 aliphatic heterocycles. The quantitative estimate of drug-likeness (QED) is 0.582. The second-order valence-electron chi connectivity index (χ2n) is 5.04. The van der Waals surface area contributed by atoms with Crippen LogP contribution >= 0.6 is 0 Å². The molecule has 2 aromatic rings. The highest BCUT2D eigenvalue weighted by Gasteiger charge is 2.15. The number of nitrogens with one attached hydrogen (secondary N) is 2. The number of fused-ring (bicyclic) bond motifs is 1. The Morgan fingerprint density at radius 3 is 2.63 bits per heavy atom. The van der Waals surface area contributed by atoms with Crippen LogP contribution in [0.15, 0.2) is 24.3 Å². The summed E-state index contributed by atoms with van der Waals surface area (Å²) in [6.07, 6.45) is 6.36. The summed E-state index contributed by atoms with van der Waals surface area (Å²) in [5, 5.41) is 4.60. The van der Waals surface area contributed by atoms with Gasteiger partial charge in [0.2, 0.25) is 5.95 Å². The first kappa shape index (κ1) is 12.2. The number of rotatable bonds is 3. The number of benzene rings is 1. The van der Waals surface area contributed by atoms with Gasteiger partial charge in [-0.3, -0.25) is 5.43 Å². The third kappa shape index (κ3) is 2.61. The van der Waals surface area contributed by atoms with Crippen molar-refractivity contribution in [1.82, 2.24) is 9.97 Å². The van der Waals surface area contributed by atoms with Crippen LogP contribution in [0, 0.1) is 0 Å². The second kappa shape index (κ2) is 5.40. The minimum atomic E-state index is 0.456. The average molecular weight is 257 g/mol. The number of anilines is 2. The van der Waals surface area contributed by atoms with Gasteiger partial charge in [-0.05, 0) is 25.0 Å². The van der Waals surface area contributed by atoms with Gasteiger partial charge in [-0.1, -0.05) is 31.4 Å². The van der Waals surface area contributed by atoms with E-state index in [-0.39, 0.29) is 0 Å². The van der Waals surface area contributed by atoms with Gasteiger partial charge in [-0.2, -0.15) is 4.98 Å². The first-order valence-corrected chi connectivity index (χ1v) is 6.87. The fourth-order valence-electron chi connectivity index (χ4n) is 2.69. The topological polar surface area (TPSA) is 75.9 Å². The van der Waals surface area contributed by atoms with E-state index in [9.17, 15) is 0 Å². The molecular formula is C14H19N5. The lowest BCUT2D eigenvalue weighted by molar-refractivity contribution is 0.462. The minimum absolute atomic E-state index is 0.456. The van der Waals surface area contributed by atoms with Crippen molar-refractivity contribution in [3.8, 4) is 0 Å². The fourth-order valence-corrected chi connectivity index (χ4v) is 2.69. The van der Waals surface area contributed by atoms with E-state index in [1.54, 1.807) is 0 Å². The molecule has 1 aromatic heterocycles. The maximum atomic E-state index is 5.44. The molecule has 1 aromatic carbocycles. The van der Waals surface area contributed by atoms with Crippen molar-refractivity contribution in [2.24, 2.45) is 5.84 Å². The number of nitrogens with zero attached hydrogens (tertiary/aromatic N) is 2. The van der Waals surface area contributed by atoms with Crippen LogP contribution in [-0.4, -0.2) is 16.0 Å². The van der Waals surface area contributed by atoms with Gasteiger partial charge in [-0.15, -0.1) is 0 Å². The number of hydrogen-bond acceptors (Lipinski definition) is 5. The summed E-state index contributed by atoms with van der Waals surface area (Å²) in [5.74, 6) is 6.78. The average Bonchev–Trinajstić information content (AvgIpc) is 2.48. The molecule has 1 aliphatic carbocycles. The number of aromatic nitrogens is 2. The van der Waals surface area contributed by atoms with E-state index < -0.39 is 0 Å². The molecule has 100 valence electrons. The van der Waals surface area contributed by atoms with Crippen LogP contribution in [0.5, 0.6) is 0 Å². The van der Waals surface area contributed by atoms with E-state index in [1.807, 2.05) is 24.3 Å². The zero-order valence-electron chi connectivity index (χ0n) is 10.9. The Balaban J connectivity index is 1.95. The fraction of sp³-hybridized carbons (Fsp3) is 0.429. The standard InChI is InChI=1S/C14H19N5/c15-19-14-17-12-9-5-4-8-11(12)13(18-14)16-10-6-2-1-3-7-10/h4-5,8-10H,1-3,6-7,15H2,(H2,16,17,18,19). The van der Waals surface area contributed by atoms with Gasteiger partial charge in [0.05, 0.1) is 5.52 Å². The zero-order valence-corrected chi connectivity index (χ0v) is 10.9. The van der Waals surface area contributed by atoms with Gasteiger partial charge in [-0.25, -0.2) is 10.8 Å². The van der Waals surface area contributed by atoms with Gasteiger partial charge in [0, 0.05) is 11.4 Å². The van der Waals surface area contributed by atoms with Crippen molar-refractivity contribution in [2.75, 3.05) is 10.7 Å². The van der Waals surface area contributed by atoms with Gasteiger partial charge < -0.3 is 5.32 Å². The maximum Gasteiger partial charge on any atom is 0.239 e. The minimum Gasteiger partial charge on any atom is -0.367 e. The molecule has 0 unspecified atom stereocenters. The molecule has 0 atom stereocenters. The monoisotopic (exact) mass is 257 g/mol. The van der Waals surface area contributed by atoms with E-state index in [0.29, 0.717) is 12.0 Å². The van der Waals surface area contributed by atoms with E-state index >= 15 is 0 Å². The number of hydrogen-bond donors (Lipinski definition) is 3. The summed E-state index contributed by atoms with van der Waals surface area (Å²) in [6.45, 7) is 0. The Morgan fingerprint density at radius 1 is 1.05 bits per heavy atom. The largest absolute Gasteiger partial charge is 0.367 e. The van der Waals surface area contributed by atoms with Gasteiger partial charge in [0.15, 0.2) is 0 Å². The molecule has 1 aliphatic rings. The van der Waals surface area contributed by atoms with Crippen LogP contribution in [-0.2, 0) is 0 Å². The Labute approximate surface area is 112 Å². The van der Waals surface area contributed by atoms with Gasteiger partial charge in [0.1, 0.15) is 5.82 Å². The van der Waals surface area contributed by atoms with Crippen molar-refractivity contribution in [3.05, 3.63) is 24.3 Å². The molecule has 0 radical (unpaired) electrons. The van der Waals surface area contributed by atoms with Crippen LogP contribution in [0.1, 0.15) is 32.1 Å². The summed E-state index contributed by atoms with van der Waals surface area (Å²) < 4.78 is 0. The lowest BCUT2D eigenvalue weighted by Crippen LogP contribution is -2.23. The number of para-hydroxylation sites is 1. The molecule has 1 saturated carbocycles. The molecule has 0 spiro atoms. The Kier molecular flexibility index (Phi) is 3.46. The molecule has 4 N–H and O–H groups in total. The van der Waals surface area contributed by atoms with Crippen LogP contribution in [0.3, 0.4) is 0 Å². The van der Waals surface area contributed by atoms with Crippen LogP contribution in [0.4, 0.5) is 11.8 Å². The van der Waals surface area contributed by atoms with E-state index in [2.05, 4.69) is 20.7 Å². The predicted molar refractivity (Wildman–Crippen MR) is 77.8 cm³/mol. The summed E-state index contributed by atoms with van der Waals surface area (Å²) >= 11 is 0. The summed E-state index contributed by atoms with van der Waals surface area (Å²) in [4.78, 5) is 8.82. The van der Waals surface area contributed by atoms with Crippen molar-refractivity contribution in [3.63, 3.8) is 0 Å². The van der Waals surface area contributed by atoms with Crippen molar-refractivity contribution in [1.29, 1.82) is 0 Å². The predicted octanol–water partition coefficient (Wildman–Crippen LogP) is 2.66. The van der Waals surface area contributed by atoms with Crippen LogP contribution in [0.25, 0.3) is 10.9 Å². The number of nitrogens with two attached hydrogens (primary N) is 1. The summed E-state index contributed by atoms with van der Waals surface area (Å²) in [5.41, 5.74) is 3.44. The molecule has 0 saturated heterocycles. The number of hydrazine groups is 1. The van der Waals surface area contributed by atoms with Crippen molar-refractivity contribution >= 4 is 22.7 Å². The third-order valence-electron chi connectivity index (χ3n) is 3.68. The van der Waals surface area contributed by atoms with E-state index in [0.717, 1.165) is 16.7 Å². The molecule has 19 heavy (non-hydrogen) atoms. The van der Waals surface area contributed by atoms with Gasteiger partial charge >= 0.3 is 0 Å².